The van der Waals surface area contributed by atoms with E-state index in [4.69, 9.17) is 0 Å². The first-order valence-corrected chi connectivity index (χ1v) is 13.9. The first-order chi connectivity index (χ1) is 19.4. The molecule has 0 bridgehead atoms. The molecule has 0 heterocycles. The Balaban J connectivity index is 1.73. The summed E-state index contributed by atoms with van der Waals surface area (Å²) in [6.07, 6.45) is 1.34. The van der Waals surface area contributed by atoms with Crippen LogP contribution < -0.4 is 5.32 Å². The number of carbonyl (C=O) groups excluding carboxylic acids is 2. The number of rotatable bonds is 12. The highest BCUT2D eigenvalue weighted by Gasteiger charge is 2.32. The van der Waals surface area contributed by atoms with E-state index in [0.717, 1.165) is 28.7 Å². The third kappa shape index (κ3) is 7.89. The van der Waals surface area contributed by atoms with Crippen LogP contribution in [0.2, 0.25) is 0 Å². The molecule has 0 aliphatic heterocycles. The molecule has 4 aromatic carbocycles. The molecule has 0 radical (unpaired) electrons. The number of hydrogen-bond acceptors (Lipinski definition) is 2. The minimum absolute atomic E-state index is 0.0325. The van der Waals surface area contributed by atoms with Crippen LogP contribution in [0.1, 0.15) is 54.9 Å². The molecular weight excluding hydrogens is 499 g/mol. The summed E-state index contributed by atoms with van der Waals surface area (Å²) in [5, 5.41) is 3.10. The lowest BCUT2D eigenvalue weighted by molar-refractivity contribution is -0.141. The molecule has 0 aromatic heterocycles. The van der Waals surface area contributed by atoms with E-state index in [2.05, 4.69) is 5.32 Å². The lowest BCUT2D eigenvalue weighted by atomic mass is 9.87. The Labute approximate surface area is 236 Å². The predicted octanol–water partition coefficient (Wildman–Crippen LogP) is 6.90. The molecule has 40 heavy (non-hydrogen) atoms. The second kappa shape index (κ2) is 14.2. The van der Waals surface area contributed by atoms with E-state index in [1.807, 2.05) is 105 Å². The van der Waals surface area contributed by atoms with Crippen molar-refractivity contribution in [1.82, 2.24) is 10.2 Å². The van der Waals surface area contributed by atoms with Crippen LogP contribution in [0.4, 0.5) is 4.39 Å². The first-order valence-electron chi connectivity index (χ1n) is 13.9. The topological polar surface area (TPSA) is 49.4 Å². The quantitative estimate of drug-likeness (QED) is 0.214. The summed E-state index contributed by atoms with van der Waals surface area (Å²) < 4.78 is 13.7. The summed E-state index contributed by atoms with van der Waals surface area (Å²) in [4.78, 5) is 29.8. The van der Waals surface area contributed by atoms with Gasteiger partial charge in [0.1, 0.15) is 11.9 Å². The highest BCUT2D eigenvalue weighted by Crippen LogP contribution is 2.30. The van der Waals surface area contributed by atoms with E-state index in [1.165, 1.54) is 12.1 Å². The van der Waals surface area contributed by atoms with Crippen LogP contribution in [0.15, 0.2) is 115 Å². The summed E-state index contributed by atoms with van der Waals surface area (Å²) in [6.45, 7) is 4.17. The Morgan fingerprint density at radius 1 is 0.750 bits per heavy atom. The maximum atomic E-state index is 14.3. The van der Waals surface area contributed by atoms with Gasteiger partial charge in [-0.15, -0.1) is 0 Å². The second-order valence-corrected chi connectivity index (χ2v) is 10.2. The minimum atomic E-state index is -0.735. The Kier molecular flexibility index (Phi) is 10.2. The average molecular weight is 537 g/mol. The summed E-state index contributed by atoms with van der Waals surface area (Å²) >= 11 is 0. The lowest BCUT2D eigenvalue weighted by Crippen LogP contribution is -2.52. The number of benzene rings is 4. The van der Waals surface area contributed by atoms with Crippen LogP contribution in [0.5, 0.6) is 0 Å². The molecule has 0 fully saturated rings. The molecule has 0 aliphatic rings. The Morgan fingerprint density at radius 2 is 1.27 bits per heavy atom. The van der Waals surface area contributed by atoms with Crippen LogP contribution in [0.3, 0.4) is 0 Å². The van der Waals surface area contributed by atoms with Crippen molar-refractivity contribution in [2.75, 3.05) is 0 Å². The number of halogens is 1. The number of nitrogens with zero attached hydrogens (tertiary/aromatic N) is 1. The maximum Gasteiger partial charge on any atom is 0.243 e. The first kappa shape index (κ1) is 28.8. The molecule has 4 nitrogen and oxygen atoms in total. The molecule has 1 N–H and O–H groups in total. The summed E-state index contributed by atoms with van der Waals surface area (Å²) in [6, 6.07) is 35.1. The molecule has 0 saturated carbocycles. The summed E-state index contributed by atoms with van der Waals surface area (Å²) in [5.74, 6) is -0.849. The fourth-order valence-electron chi connectivity index (χ4n) is 4.87. The highest BCUT2D eigenvalue weighted by atomic mass is 19.1. The molecule has 4 aromatic rings. The molecule has 0 spiro atoms. The number of hydrogen-bond donors (Lipinski definition) is 1. The van der Waals surface area contributed by atoms with Crippen LogP contribution in [0, 0.1) is 5.82 Å². The van der Waals surface area contributed by atoms with Crippen molar-refractivity contribution in [1.29, 1.82) is 0 Å². The molecule has 4 rings (SSSR count). The van der Waals surface area contributed by atoms with Gasteiger partial charge < -0.3 is 10.2 Å². The van der Waals surface area contributed by atoms with Crippen LogP contribution in [0.25, 0.3) is 0 Å². The van der Waals surface area contributed by atoms with E-state index in [0.29, 0.717) is 6.42 Å². The minimum Gasteiger partial charge on any atom is -0.352 e. The van der Waals surface area contributed by atoms with E-state index in [-0.39, 0.29) is 42.6 Å². The molecule has 2 atom stereocenters. The molecule has 0 unspecified atom stereocenters. The van der Waals surface area contributed by atoms with Crippen molar-refractivity contribution in [3.05, 3.63) is 143 Å². The van der Waals surface area contributed by atoms with Crippen LogP contribution >= 0.6 is 0 Å². The summed E-state index contributed by atoms with van der Waals surface area (Å²) in [7, 11) is 0. The van der Waals surface area contributed by atoms with Gasteiger partial charge in [-0.1, -0.05) is 110 Å². The zero-order valence-corrected chi connectivity index (χ0v) is 23.2. The SMILES string of the molecule is CC[C@H](C)NC(=O)[C@@H](Cc1ccccc1)N(Cc1ccc(F)cc1)C(=O)CC(c1ccccc1)c1ccccc1. The van der Waals surface area contributed by atoms with Gasteiger partial charge in [-0.05, 0) is 47.7 Å². The van der Waals surface area contributed by atoms with Crippen molar-refractivity contribution in [3.8, 4) is 0 Å². The van der Waals surface area contributed by atoms with Crippen molar-refractivity contribution in [2.45, 2.75) is 57.7 Å². The van der Waals surface area contributed by atoms with Gasteiger partial charge in [0.2, 0.25) is 11.8 Å². The van der Waals surface area contributed by atoms with Crippen LogP contribution in [-0.2, 0) is 22.6 Å². The molecule has 5 heteroatoms. The lowest BCUT2D eigenvalue weighted by Gasteiger charge is -2.33. The molecule has 206 valence electrons. The van der Waals surface area contributed by atoms with E-state index >= 15 is 0 Å². The fraction of sp³-hybridized carbons (Fsp3) is 0.257. The van der Waals surface area contributed by atoms with Gasteiger partial charge in [0.25, 0.3) is 0 Å². The summed E-state index contributed by atoms with van der Waals surface area (Å²) in [5.41, 5.74) is 3.80. The zero-order valence-electron chi connectivity index (χ0n) is 23.2. The Bertz CT molecular complexity index is 1310. The largest absolute Gasteiger partial charge is 0.352 e. The molecule has 2 amide bonds. The monoisotopic (exact) mass is 536 g/mol. The van der Waals surface area contributed by atoms with Gasteiger partial charge in [-0.25, -0.2) is 4.39 Å². The van der Waals surface area contributed by atoms with Gasteiger partial charge in [0.15, 0.2) is 0 Å². The van der Waals surface area contributed by atoms with Gasteiger partial charge in [-0.2, -0.15) is 0 Å². The zero-order chi connectivity index (χ0) is 28.3. The van der Waals surface area contributed by atoms with Crippen molar-refractivity contribution >= 4 is 11.8 Å². The van der Waals surface area contributed by atoms with Gasteiger partial charge in [-0.3, -0.25) is 9.59 Å². The van der Waals surface area contributed by atoms with Gasteiger partial charge in [0, 0.05) is 31.3 Å². The Hall–Kier alpha value is -4.25. The van der Waals surface area contributed by atoms with Crippen molar-refractivity contribution in [3.63, 3.8) is 0 Å². The standard InChI is InChI=1S/C35H37FN2O2/c1-3-26(2)37-35(40)33(23-27-13-7-4-8-14-27)38(25-28-19-21-31(36)22-20-28)34(39)24-32(29-15-9-5-10-16-29)30-17-11-6-12-18-30/h4-22,26,32-33H,3,23-25H2,1-2H3,(H,37,40)/t26-,33+/m0/s1. The third-order valence-corrected chi connectivity index (χ3v) is 7.32. The second-order valence-electron chi connectivity index (χ2n) is 10.2. The van der Waals surface area contributed by atoms with Gasteiger partial charge in [0.05, 0.1) is 0 Å². The van der Waals surface area contributed by atoms with E-state index in [9.17, 15) is 14.0 Å². The highest BCUT2D eigenvalue weighted by molar-refractivity contribution is 5.88. The number of carbonyl (C=O) groups is 2. The van der Waals surface area contributed by atoms with Gasteiger partial charge >= 0.3 is 0 Å². The number of amides is 2. The molecular formula is C35H37FN2O2. The number of nitrogens with one attached hydrogen (secondary N) is 1. The van der Waals surface area contributed by atoms with Crippen LogP contribution in [-0.4, -0.2) is 28.8 Å². The normalized spacial score (nSPS) is 12.5. The van der Waals surface area contributed by atoms with Crippen molar-refractivity contribution in [2.24, 2.45) is 0 Å². The van der Waals surface area contributed by atoms with E-state index in [1.54, 1.807) is 17.0 Å². The maximum absolute atomic E-state index is 14.3. The average Bonchev–Trinajstić information content (AvgIpc) is 2.99. The third-order valence-electron chi connectivity index (χ3n) is 7.32. The predicted molar refractivity (Wildman–Crippen MR) is 158 cm³/mol. The molecule has 0 aliphatic carbocycles. The smallest absolute Gasteiger partial charge is 0.243 e. The van der Waals surface area contributed by atoms with E-state index < -0.39 is 6.04 Å². The Morgan fingerprint density at radius 3 is 1.80 bits per heavy atom. The fourth-order valence-corrected chi connectivity index (χ4v) is 4.87. The van der Waals surface area contributed by atoms with Crippen molar-refractivity contribution < 1.29 is 14.0 Å². The molecule has 0 saturated heterocycles.